The number of hydrogen-bond acceptors (Lipinski definition) is 9. The number of aromatic nitrogens is 2. The molecule has 1 heterocycles. The van der Waals surface area contributed by atoms with Gasteiger partial charge in [0.25, 0.3) is 5.69 Å². The third-order valence-electron chi connectivity index (χ3n) is 6.68. The Balaban J connectivity index is 1.68. The predicted octanol–water partition coefficient (Wildman–Crippen LogP) is 8.10. The molecule has 0 aliphatic carbocycles. The maximum absolute atomic E-state index is 13.2. The maximum atomic E-state index is 13.2. The van der Waals surface area contributed by atoms with Gasteiger partial charge in [-0.3, -0.25) is 20.8 Å². The molecule has 250 valence electrons. The second-order valence-corrected chi connectivity index (χ2v) is 13.1. The third kappa shape index (κ3) is 10.2. The van der Waals surface area contributed by atoms with E-state index in [1.165, 1.54) is 17.7 Å². The van der Waals surface area contributed by atoms with Crippen LogP contribution in [0, 0.1) is 15.5 Å². The number of benzene rings is 3. The molecule has 48 heavy (non-hydrogen) atoms. The first kappa shape index (κ1) is 35.2. The molecular weight excluding hydrogens is 612 g/mol. The van der Waals surface area contributed by atoms with E-state index in [2.05, 4.69) is 17.4 Å². The fourth-order valence-electron chi connectivity index (χ4n) is 4.65. The lowest BCUT2D eigenvalue weighted by molar-refractivity contribution is -0.384. The van der Waals surface area contributed by atoms with Crippen molar-refractivity contribution in [3.63, 3.8) is 0 Å². The zero-order valence-electron chi connectivity index (χ0n) is 27.9. The normalized spacial score (nSPS) is 11.4. The lowest BCUT2D eigenvalue weighted by atomic mass is 10.0. The SMILES string of the molecule is CC(C)(C)OC(=O)NC(=N)N(C(=O)OC(C)(C)C)c1ccc(-c2cc(CCCc3ccccc3)nc(-c3cccc([N+](=O)[O-])c3)n2)cc1. The van der Waals surface area contributed by atoms with Crippen molar-refractivity contribution in [3.05, 3.63) is 106 Å². The van der Waals surface area contributed by atoms with Crippen LogP contribution in [-0.2, 0) is 22.3 Å². The average Bonchev–Trinajstić information content (AvgIpc) is 3.00. The van der Waals surface area contributed by atoms with Crippen molar-refractivity contribution in [2.45, 2.75) is 72.0 Å². The number of hydrogen-bond donors (Lipinski definition) is 2. The molecule has 4 aromatic rings. The van der Waals surface area contributed by atoms with E-state index in [1.807, 2.05) is 24.3 Å². The van der Waals surface area contributed by atoms with E-state index in [0.29, 0.717) is 29.1 Å². The van der Waals surface area contributed by atoms with Crippen LogP contribution in [0.2, 0.25) is 0 Å². The van der Waals surface area contributed by atoms with Gasteiger partial charge in [-0.05, 0) is 84.6 Å². The predicted molar refractivity (Wildman–Crippen MR) is 184 cm³/mol. The molecule has 0 atom stereocenters. The van der Waals surface area contributed by atoms with Crippen LogP contribution in [-0.4, -0.2) is 44.2 Å². The number of aryl methyl sites for hydroxylation is 2. The summed E-state index contributed by atoms with van der Waals surface area (Å²) in [4.78, 5) is 47.2. The summed E-state index contributed by atoms with van der Waals surface area (Å²) in [6, 6.07) is 24.8. The minimum Gasteiger partial charge on any atom is -0.444 e. The van der Waals surface area contributed by atoms with Crippen molar-refractivity contribution in [1.29, 1.82) is 5.41 Å². The van der Waals surface area contributed by atoms with Crippen molar-refractivity contribution < 1.29 is 24.0 Å². The summed E-state index contributed by atoms with van der Waals surface area (Å²) < 4.78 is 10.8. The van der Waals surface area contributed by atoms with Gasteiger partial charge in [0, 0.05) is 29.0 Å². The lowest BCUT2D eigenvalue weighted by Crippen LogP contribution is -2.49. The van der Waals surface area contributed by atoms with Crippen molar-refractivity contribution in [2.75, 3.05) is 4.90 Å². The van der Waals surface area contributed by atoms with Gasteiger partial charge in [0.2, 0.25) is 5.96 Å². The topological polar surface area (TPSA) is 161 Å². The summed E-state index contributed by atoms with van der Waals surface area (Å²) in [5.74, 6) is -0.212. The Morgan fingerprint density at radius 3 is 2.12 bits per heavy atom. The fourth-order valence-corrected chi connectivity index (χ4v) is 4.65. The lowest BCUT2D eigenvalue weighted by Gasteiger charge is -2.28. The molecule has 0 radical (unpaired) electrons. The number of anilines is 1. The number of guanidine groups is 1. The zero-order chi connectivity index (χ0) is 35.1. The van der Waals surface area contributed by atoms with Crippen LogP contribution >= 0.6 is 0 Å². The molecule has 2 amide bonds. The van der Waals surface area contributed by atoms with Gasteiger partial charge in [0.05, 0.1) is 16.3 Å². The molecule has 12 heteroatoms. The zero-order valence-corrected chi connectivity index (χ0v) is 27.9. The number of non-ortho nitro benzene ring substituents is 1. The molecule has 0 saturated heterocycles. The van der Waals surface area contributed by atoms with Crippen LogP contribution in [0.15, 0.2) is 84.9 Å². The van der Waals surface area contributed by atoms with Gasteiger partial charge in [0.15, 0.2) is 5.82 Å². The summed E-state index contributed by atoms with van der Waals surface area (Å²) in [6.07, 6.45) is 0.555. The van der Waals surface area contributed by atoms with Gasteiger partial charge in [0.1, 0.15) is 11.2 Å². The number of nitrogens with zero attached hydrogens (tertiary/aromatic N) is 4. The highest BCUT2D eigenvalue weighted by Crippen LogP contribution is 2.28. The largest absolute Gasteiger partial charge is 0.444 e. The first-order valence-electron chi connectivity index (χ1n) is 15.5. The Kier molecular flexibility index (Phi) is 10.9. The number of carbonyl (C=O) groups excluding carboxylic acids is 2. The first-order valence-corrected chi connectivity index (χ1v) is 15.5. The van der Waals surface area contributed by atoms with E-state index in [0.717, 1.165) is 23.4 Å². The Morgan fingerprint density at radius 2 is 1.50 bits per heavy atom. The summed E-state index contributed by atoms with van der Waals surface area (Å²) in [6.45, 7) is 10.2. The molecule has 1 aromatic heterocycles. The fraction of sp³-hybridized carbons (Fsp3) is 0.306. The summed E-state index contributed by atoms with van der Waals surface area (Å²) in [5.41, 5.74) is 2.22. The molecule has 0 spiro atoms. The summed E-state index contributed by atoms with van der Waals surface area (Å²) >= 11 is 0. The molecule has 3 aromatic carbocycles. The monoisotopic (exact) mass is 652 g/mol. The Hall–Kier alpha value is -5.65. The highest BCUT2D eigenvalue weighted by molar-refractivity contribution is 6.16. The Morgan fingerprint density at radius 1 is 0.833 bits per heavy atom. The minimum atomic E-state index is -0.896. The number of nitro benzene ring substituents is 1. The summed E-state index contributed by atoms with van der Waals surface area (Å²) in [5, 5.41) is 22.3. The van der Waals surface area contributed by atoms with Gasteiger partial charge in [-0.15, -0.1) is 0 Å². The van der Waals surface area contributed by atoms with Crippen LogP contribution in [0.3, 0.4) is 0 Å². The smallest absolute Gasteiger partial charge is 0.421 e. The van der Waals surface area contributed by atoms with Crippen LogP contribution in [0.4, 0.5) is 21.0 Å². The van der Waals surface area contributed by atoms with Crippen molar-refractivity contribution in [1.82, 2.24) is 15.3 Å². The molecule has 0 aliphatic heterocycles. The highest BCUT2D eigenvalue weighted by Gasteiger charge is 2.29. The van der Waals surface area contributed by atoms with E-state index < -0.39 is 34.3 Å². The molecule has 0 aliphatic rings. The Bertz CT molecular complexity index is 1780. The van der Waals surface area contributed by atoms with E-state index >= 15 is 0 Å². The number of ether oxygens (including phenoxy) is 2. The molecule has 4 rings (SSSR count). The van der Waals surface area contributed by atoms with Gasteiger partial charge < -0.3 is 9.47 Å². The number of carbonyl (C=O) groups is 2. The molecular formula is C36H40N6O6. The van der Waals surface area contributed by atoms with Crippen LogP contribution in [0.1, 0.15) is 59.2 Å². The number of nitro groups is 1. The van der Waals surface area contributed by atoms with Crippen LogP contribution < -0.4 is 10.2 Å². The van der Waals surface area contributed by atoms with Gasteiger partial charge in [-0.2, -0.15) is 0 Å². The molecule has 0 bridgehead atoms. The van der Waals surface area contributed by atoms with E-state index in [9.17, 15) is 19.7 Å². The third-order valence-corrected chi connectivity index (χ3v) is 6.68. The van der Waals surface area contributed by atoms with E-state index in [1.54, 1.807) is 77.9 Å². The molecule has 0 fully saturated rings. The van der Waals surface area contributed by atoms with E-state index in [4.69, 9.17) is 24.9 Å². The van der Waals surface area contributed by atoms with Crippen molar-refractivity contribution in [2.24, 2.45) is 0 Å². The quantitative estimate of drug-likeness (QED) is 0.0835. The second kappa shape index (κ2) is 14.8. The van der Waals surface area contributed by atoms with Gasteiger partial charge in [-0.1, -0.05) is 54.6 Å². The Labute approximate surface area is 279 Å². The van der Waals surface area contributed by atoms with E-state index in [-0.39, 0.29) is 11.4 Å². The molecule has 0 saturated carbocycles. The average molecular weight is 653 g/mol. The van der Waals surface area contributed by atoms with Gasteiger partial charge in [-0.25, -0.2) is 24.5 Å². The summed E-state index contributed by atoms with van der Waals surface area (Å²) in [7, 11) is 0. The van der Waals surface area contributed by atoms with Crippen molar-refractivity contribution in [3.8, 4) is 22.6 Å². The number of rotatable bonds is 8. The van der Waals surface area contributed by atoms with Crippen LogP contribution in [0.5, 0.6) is 0 Å². The number of alkyl carbamates (subject to hydrolysis) is 1. The number of amides is 2. The highest BCUT2D eigenvalue weighted by atomic mass is 16.6. The number of nitrogens with one attached hydrogen (secondary N) is 2. The standard InChI is InChI=1S/C36H40N6O6/c1-35(2,3)47-33(43)40-32(37)41(34(44)48-36(4,5)6)28-20-18-25(19-21-28)30-23-27(16-10-14-24-12-8-7-9-13-24)38-31(39-30)26-15-11-17-29(22-26)42(45)46/h7-9,11-13,15,17-23H,10,14,16H2,1-6H3,(H2,37,40,43). The van der Waals surface area contributed by atoms with Crippen LogP contribution in [0.25, 0.3) is 22.6 Å². The molecule has 2 N–H and O–H groups in total. The molecule has 0 unspecified atom stereocenters. The maximum Gasteiger partial charge on any atom is 0.421 e. The molecule has 12 nitrogen and oxygen atoms in total. The van der Waals surface area contributed by atoms with Gasteiger partial charge >= 0.3 is 12.2 Å². The second-order valence-electron chi connectivity index (χ2n) is 13.1. The first-order chi connectivity index (χ1) is 22.6. The van der Waals surface area contributed by atoms with Crippen molar-refractivity contribution >= 4 is 29.5 Å². The minimum absolute atomic E-state index is 0.0684.